The van der Waals surface area contributed by atoms with Crippen LogP contribution in [0.25, 0.3) is 0 Å². The van der Waals surface area contributed by atoms with E-state index in [4.69, 9.17) is 0 Å². The molecule has 200 valence electrons. The zero-order chi connectivity index (χ0) is 26.9. The van der Waals surface area contributed by atoms with Crippen LogP contribution in [0.5, 0.6) is 0 Å². The SMILES string of the molecule is CCNc1cc(C(=O)N[C@@H](Cc2ccccc2)[C@H](O)CN[C@H](C)c2ccccc2)cc(N2CCCC2=O)c1. The van der Waals surface area contributed by atoms with E-state index in [1.54, 1.807) is 17.0 Å². The minimum atomic E-state index is -0.818. The van der Waals surface area contributed by atoms with Gasteiger partial charge in [0, 0.05) is 49.0 Å². The van der Waals surface area contributed by atoms with Crippen LogP contribution < -0.4 is 20.9 Å². The fraction of sp³-hybridized carbons (Fsp3) is 0.355. The molecule has 7 heteroatoms. The van der Waals surface area contributed by atoms with Gasteiger partial charge in [-0.1, -0.05) is 60.7 Å². The van der Waals surface area contributed by atoms with E-state index in [1.165, 1.54) is 0 Å². The molecule has 0 spiro atoms. The Morgan fingerprint density at radius 2 is 1.74 bits per heavy atom. The molecule has 4 rings (SSSR count). The zero-order valence-electron chi connectivity index (χ0n) is 22.2. The van der Waals surface area contributed by atoms with Crippen molar-refractivity contribution >= 4 is 23.2 Å². The third kappa shape index (κ3) is 7.21. The Kier molecular flexibility index (Phi) is 9.51. The Labute approximate surface area is 225 Å². The first kappa shape index (κ1) is 27.4. The van der Waals surface area contributed by atoms with Crippen molar-refractivity contribution in [2.75, 3.05) is 29.9 Å². The maximum atomic E-state index is 13.5. The number of rotatable bonds is 12. The molecule has 0 unspecified atom stereocenters. The predicted molar refractivity (Wildman–Crippen MR) is 152 cm³/mol. The van der Waals surface area contributed by atoms with Crippen LogP contribution in [-0.2, 0) is 11.2 Å². The molecule has 3 atom stereocenters. The number of nitrogens with zero attached hydrogens (tertiary/aromatic N) is 1. The number of carbonyl (C=O) groups is 2. The lowest BCUT2D eigenvalue weighted by Crippen LogP contribution is -2.49. The Morgan fingerprint density at radius 1 is 1.03 bits per heavy atom. The van der Waals surface area contributed by atoms with Gasteiger partial charge in [0.05, 0.1) is 12.1 Å². The summed E-state index contributed by atoms with van der Waals surface area (Å²) in [7, 11) is 0. The lowest BCUT2D eigenvalue weighted by atomic mass is 9.99. The van der Waals surface area contributed by atoms with Gasteiger partial charge in [-0.2, -0.15) is 0 Å². The maximum Gasteiger partial charge on any atom is 0.251 e. The summed E-state index contributed by atoms with van der Waals surface area (Å²) in [5, 5.41) is 21.0. The summed E-state index contributed by atoms with van der Waals surface area (Å²) < 4.78 is 0. The monoisotopic (exact) mass is 514 g/mol. The van der Waals surface area contributed by atoms with E-state index in [1.807, 2.05) is 73.7 Å². The molecule has 7 nitrogen and oxygen atoms in total. The van der Waals surface area contributed by atoms with Crippen molar-refractivity contribution in [2.45, 2.75) is 51.3 Å². The van der Waals surface area contributed by atoms with Gasteiger partial charge in [0.25, 0.3) is 5.91 Å². The average molecular weight is 515 g/mol. The Hall–Kier alpha value is -3.68. The molecule has 0 saturated carbocycles. The summed E-state index contributed by atoms with van der Waals surface area (Å²) in [6.45, 7) is 5.71. The van der Waals surface area contributed by atoms with Crippen LogP contribution >= 0.6 is 0 Å². The highest BCUT2D eigenvalue weighted by molar-refractivity contribution is 6.00. The van der Waals surface area contributed by atoms with Gasteiger partial charge in [0.2, 0.25) is 5.91 Å². The molecule has 1 aliphatic rings. The van der Waals surface area contributed by atoms with Crippen LogP contribution in [0.1, 0.15) is 54.2 Å². The molecule has 3 aromatic rings. The summed E-state index contributed by atoms with van der Waals surface area (Å²) in [5.74, 6) is -0.213. The second kappa shape index (κ2) is 13.2. The molecule has 4 N–H and O–H groups in total. The summed E-state index contributed by atoms with van der Waals surface area (Å²) in [6, 6.07) is 24.9. The van der Waals surface area contributed by atoms with Crippen LogP contribution in [0.15, 0.2) is 78.9 Å². The normalized spacial score (nSPS) is 15.7. The van der Waals surface area contributed by atoms with Crippen LogP contribution in [-0.4, -0.2) is 48.7 Å². The average Bonchev–Trinajstić information content (AvgIpc) is 3.38. The predicted octanol–water partition coefficient (Wildman–Crippen LogP) is 4.30. The van der Waals surface area contributed by atoms with Crippen molar-refractivity contribution in [3.05, 3.63) is 95.6 Å². The van der Waals surface area contributed by atoms with Crippen molar-refractivity contribution in [3.63, 3.8) is 0 Å². The van der Waals surface area contributed by atoms with Crippen LogP contribution in [0, 0.1) is 0 Å². The molecular formula is C31H38N4O3. The van der Waals surface area contributed by atoms with Crippen molar-refractivity contribution in [1.29, 1.82) is 0 Å². The molecule has 0 bridgehead atoms. The molecular weight excluding hydrogens is 476 g/mol. The third-order valence-electron chi connectivity index (χ3n) is 6.96. The fourth-order valence-electron chi connectivity index (χ4n) is 4.83. The Balaban J connectivity index is 1.52. The van der Waals surface area contributed by atoms with Crippen LogP contribution in [0.2, 0.25) is 0 Å². The maximum absolute atomic E-state index is 13.5. The lowest BCUT2D eigenvalue weighted by Gasteiger charge is -2.27. The second-order valence-electron chi connectivity index (χ2n) is 9.83. The van der Waals surface area contributed by atoms with Gasteiger partial charge in [0.1, 0.15) is 0 Å². The third-order valence-corrected chi connectivity index (χ3v) is 6.96. The number of carbonyl (C=O) groups excluding carboxylic acids is 2. The van der Waals surface area contributed by atoms with E-state index in [9.17, 15) is 14.7 Å². The summed E-state index contributed by atoms with van der Waals surface area (Å²) in [5.41, 5.74) is 4.11. The van der Waals surface area contributed by atoms with Gasteiger partial charge in [-0.15, -0.1) is 0 Å². The largest absolute Gasteiger partial charge is 0.390 e. The molecule has 1 aliphatic heterocycles. The van der Waals surface area contributed by atoms with Gasteiger partial charge >= 0.3 is 0 Å². The highest BCUT2D eigenvalue weighted by Gasteiger charge is 2.26. The van der Waals surface area contributed by atoms with Crippen LogP contribution in [0.3, 0.4) is 0 Å². The molecule has 0 aromatic heterocycles. The molecule has 2 amide bonds. The smallest absolute Gasteiger partial charge is 0.251 e. The number of nitrogens with one attached hydrogen (secondary N) is 3. The van der Waals surface area contributed by atoms with Gasteiger partial charge < -0.3 is 26.0 Å². The van der Waals surface area contributed by atoms with Gasteiger partial charge in [0.15, 0.2) is 0 Å². The van der Waals surface area contributed by atoms with E-state index >= 15 is 0 Å². The van der Waals surface area contributed by atoms with E-state index in [0.717, 1.165) is 28.9 Å². The molecule has 0 aliphatic carbocycles. The summed E-state index contributed by atoms with van der Waals surface area (Å²) >= 11 is 0. The van der Waals surface area contributed by atoms with Crippen molar-refractivity contribution in [3.8, 4) is 0 Å². The first-order valence-corrected chi connectivity index (χ1v) is 13.4. The highest BCUT2D eigenvalue weighted by atomic mass is 16.3. The van der Waals surface area contributed by atoms with Crippen molar-refractivity contribution in [2.24, 2.45) is 0 Å². The first-order valence-electron chi connectivity index (χ1n) is 13.4. The van der Waals surface area contributed by atoms with Crippen LogP contribution in [0.4, 0.5) is 11.4 Å². The number of aliphatic hydroxyl groups excluding tert-OH is 1. The van der Waals surface area contributed by atoms with E-state index in [0.29, 0.717) is 38.0 Å². The number of anilines is 2. The summed E-state index contributed by atoms with van der Waals surface area (Å²) in [6.07, 6.45) is 1.000. The molecule has 1 saturated heterocycles. The van der Waals surface area contributed by atoms with E-state index in [-0.39, 0.29) is 17.9 Å². The zero-order valence-corrected chi connectivity index (χ0v) is 22.2. The van der Waals surface area contributed by atoms with Gasteiger partial charge in [-0.05, 0) is 56.0 Å². The highest BCUT2D eigenvalue weighted by Crippen LogP contribution is 2.27. The van der Waals surface area contributed by atoms with Gasteiger partial charge in [-0.3, -0.25) is 9.59 Å². The molecule has 38 heavy (non-hydrogen) atoms. The summed E-state index contributed by atoms with van der Waals surface area (Å²) in [4.78, 5) is 27.7. The number of benzene rings is 3. The standard InChI is InChI=1S/C31H38N4O3/c1-3-32-26-18-25(19-27(20-26)35-16-10-15-30(35)37)31(38)34-28(17-23-11-6-4-7-12-23)29(36)21-33-22(2)24-13-8-5-9-14-24/h4-9,11-14,18-20,22,28-29,32-33,36H,3,10,15-17,21H2,1-2H3,(H,34,38)/t22-,28+,29-/m1/s1. The molecule has 1 fully saturated rings. The Morgan fingerprint density at radius 3 is 2.39 bits per heavy atom. The number of amides is 2. The molecule has 3 aromatic carbocycles. The van der Waals surface area contributed by atoms with Gasteiger partial charge in [-0.25, -0.2) is 0 Å². The fourth-order valence-corrected chi connectivity index (χ4v) is 4.83. The number of aliphatic hydroxyl groups is 1. The van der Waals surface area contributed by atoms with E-state index < -0.39 is 12.1 Å². The van der Waals surface area contributed by atoms with E-state index in [2.05, 4.69) is 22.9 Å². The minimum absolute atomic E-state index is 0.0521. The number of hydrogen-bond donors (Lipinski definition) is 4. The van der Waals surface area contributed by atoms with Crippen molar-refractivity contribution in [1.82, 2.24) is 10.6 Å². The number of hydrogen-bond acceptors (Lipinski definition) is 5. The minimum Gasteiger partial charge on any atom is -0.390 e. The second-order valence-corrected chi connectivity index (χ2v) is 9.83. The quantitative estimate of drug-likeness (QED) is 0.289. The molecule has 0 radical (unpaired) electrons. The van der Waals surface area contributed by atoms with Crippen molar-refractivity contribution < 1.29 is 14.7 Å². The lowest BCUT2D eigenvalue weighted by molar-refractivity contribution is -0.117. The topological polar surface area (TPSA) is 93.7 Å². The molecule has 1 heterocycles. The first-order chi connectivity index (χ1) is 18.4. The Bertz CT molecular complexity index is 1200.